The van der Waals surface area contributed by atoms with E-state index in [0.29, 0.717) is 19.0 Å². The first kappa shape index (κ1) is 14.6. The molecule has 0 radical (unpaired) electrons. The summed E-state index contributed by atoms with van der Waals surface area (Å²) in [7, 11) is 0. The highest BCUT2D eigenvalue weighted by molar-refractivity contribution is 5.64. The Hall–Kier alpha value is -1.84. The fourth-order valence-electron chi connectivity index (χ4n) is 2.64. The molecule has 1 saturated heterocycles. The van der Waals surface area contributed by atoms with E-state index in [0.717, 1.165) is 31.4 Å². The summed E-state index contributed by atoms with van der Waals surface area (Å²) in [6, 6.07) is 4.08. The third-order valence-electron chi connectivity index (χ3n) is 3.86. The summed E-state index contributed by atoms with van der Waals surface area (Å²) in [5.41, 5.74) is 2.23. The maximum Gasteiger partial charge on any atom is 0.407 e. The molecule has 1 aliphatic heterocycles. The lowest BCUT2D eigenvalue weighted by atomic mass is 9.92. The van der Waals surface area contributed by atoms with Crippen molar-refractivity contribution in [2.75, 3.05) is 13.1 Å². The summed E-state index contributed by atoms with van der Waals surface area (Å²) in [5, 5.41) is 8.90. The van der Waals surface area contributed by atoms with Gasteiger partial charge in [0.1, 0.15) is 0 Å². The Kier molecular flexibility index (Phi) is 5.16. The third kappa shape index (κ3) is 4.37. The molecule has 0 bridgehead atoms. The lowest BCUT2D eigenvalue weighted by Gasteiger charge is -2.29. The van der Waals surface area contributed by atoms with Crippen LogP contribution in [0.2, 0.25) is 0 Å². The molecular formula is C16H22N2O2. The van der Waals surface area contributed by atoms with Crippen molar-refractivity contribution in [2.24, 2.45) is 5.92 Å². The fourth-order valence-corrected chi connectivity index (χ4v) is 2.64. The third-order valence-corrected chi connectivity index (χ3v) is 3.86. The molecule has 108 valence electrons. The molecule has 1 aliphatic rings. The van der Waals surface area contributed by atoms with Gasteiger partial charge in [0.25, 0.3) is 0 Å². The molecule has 1 N–H and O–H groups in total. The van der Waals surface area contributed by atoms with E-state index in [2.05, 4.69) is 23.2 Å². The Bertz CT molecular complexity index is 477. The van der Waals surface area contributed by atoms with E-state index in [4.69, 9.17) is 5.11 Å². The van der Waals surface area contributed by atoms with Crippen molar-refractivity contribution >= 4 is 12.2 Å². The van der Waals surface area contributed by atoms with Gasteiger partial charge in [-0.2, -0.15) is 0 Å². The van der Waals surface area contributed by atoms with Crippen LogP contribution in [-0.2, 0) is 0 Å². The van der Waals surface area contributed by atoms with Crippen molar-refractivity contribution in [1.82, 2.24) is 9.88 Å². The van der Waals surface area contributed by atoms with Crippen LogP contribution in [0.25, 0.3) is 6.08 Å². The number of rotatable bonds is 4. The minimum Gasteiger partial charge on any atom is -0.465 e. The van der Waals surface area contributed by atoms with Gasteiger partial charge in [0.15, 0.2) is 0 Å². The number of hydrogen-bond donors (Lipinski definition) is 1. The maximum atomic E-state index is 10.8. The van der Waals surface area contributed by atoms with Gasteiger partial charge < -0.3 is 10.0 Å². The van der Waals surface area contributed by atoms with Crippen LogP contribution in [0.4, 0.5) is 4.79 Å². The van der Waals surface area contributed by atoms with Crippen LogP contribution in [0.3, 0.4) is 0 Å². The number of hydrogen-bond acceptors (Lipinski definition) is 2. The van der Waals surface area contributed by atoms with Gasteiger partial charge in [-0.3, -0.25) is 4.98 Å². The average molecular weight is 274 g/mol. The molecule has 1 fully saturated rings. The normalized spacial score (nSPS) is 16.8. The zero-order valence-corrected chi connectivity index (χ0v) is 12.0. The number of carbonyl (C=O) groups is 1. The van der Waals surface area contributed by atoms with Gasteiger partial charge in [-0.15, -0.1) is 0 Å². The Morgan fingerprint density at radius 2 is 2.25 bits per heavy atom. The quantitative estimate of drug-likeness (QED) is 0.913. The molecule has 0 saturated carbocycles. The number of pyridine rings is 1. The molecule has 1 amide bonds. The number of aryl methyl sites for hydroxylation is 1. The van der Waals surface area contributed by atoms with Crippen molar-refractivity contribution in [3.63, 3.8) is 0 Å². The van der Waals surface area contributed by atoms with Crippen LogP contribution in [0.15, 0.2) is 24.4 Å². The molecular weight excluding hydrogens is 252 g/mol. The van der Waals surface area contributed by atoms with Crippen LogP contribution < -0.4 is 0 Å². The van der Waals surface area contributed by atoms with E-state index >= 15 is 0 Å². The van der Waals surface area contributed by atoms with Crippen LogP contribution in [0.1, 0.15) is 36.9 Å². The molecule has 0 aromatic carbocycles. The zero-order valence-electron chi connectivity index (χ0n) is 12.0. The summed E-state index contributed by atoms with van der Waals surface area (Å²) >= 11 is 0. The predicted molar refractivity (Wildman–Crippen MR) is 79.6 cm³/mol. The standard InChI is InChI=1S/C16H22N2O2/c1-13-12-15(6-9-17-13)5-3-2-4-14-7-10-18(11-8-14)16(19)20/h3,5-6,9,12,14H,2,4,7-8,10-11H2,1H3,(H,19,20)/b5-3+. The molecule has 2 heterocycles. The van der Waals surface area contributed by atoms with Gasteiger partial charge in [0.2, 0.25) is 0 Å². The van der Waals surface area contributed by atoms with Crippen molar-refractivity contribution < 1.29 is 9.90 Å². The van der Waals surface area contributed by atoms with Crippen LogP contribution in [-0.4, -0.2) is 34.2 Å². The van der Waals surface area contributed by atoms with Gasteiger partial charge in [0, 0.05) is 25.0 Å². The van der Waals surface area contributed by atoms with Crippen LogP contribution in [0, 0.1) is 12.8 Å². The first-order valence-corrected chi connectivity index (χ1v) is 7.22. The van der Waals surface area contributed by atoms with Crippen molar-refractivity contribution in [3.05, 3.63) is 35.7 Å². The number of likely N-dealkylation sites (tertiary alicyclic amines) is 1. The van der Waals surface area contributed by atoms with E-state index in [1.54, 1.807) is 0 Å². The second-order valence-corrected chi connectivity index (χ2v) is 5.42. The Balaban J connectivity index is 1.70. The summed E-state index contributed by atoms with van der Waals surface area (Å²) in [5.74, 6) is 0.662. The molecule has 4 nitrogen and oxygen atoms in total. The molecule has 0 unspecified atom stereocenters. The van der Waals surface area contributed by atoms with Crippen LogP contribution in [0.5, 0.6) is 0 Å². The summed E-state index contributed by atoms with van der Waals surface area (Å²) in [4.78, 5) is 16.5. The first-order valence-electron chi connectivity index (χ1n) is 7.22. The Morgan fingerprint density at radius 1 is 1.50 bits per heavy atom. The lowest BCUT2D eigenvalue weighted by Crippen LogP contribution is -2.37. The molecule has 4 heteroatoms. The highest BCUT2D eigenvalue weighted by Crippen LogP contribution is 2.22. The first-order chi connectivity index (χ1) is 9.65. The van der Waals surface area contributed by atoms with E-state index < -0.39 is 6.09 Å². The zero-order chi connectivity index (χ0) is 14.4. The SMILES string of the molecule is Cc1cc(/C=C/CCC2CCN(C(=O)O)CC2)ccn1. The van der Waals surface area contributed by atoms with Gasteiger partial charge in [-0.1, -0.05) is 12.2 Å². The molecule has 20 heavy (non-hydrogen) atoms. The Labute approximate surface area is 120 Å². The van der Waals surface area contributed by atoms with E-state index in [1.807, 2.05) is 19.2 Å². The molecule has 1 aromatic heterocycles. The predicted octanol–water partition coefficient (Wildman–Crippen LogP) is 3.57. The minimum atomic E-state index is -0.781. The highest BCUT2D eigenvalue weighted by Gasteiger charge is 2.21. The van der Waals surface area contributed by atoms with Crippen LogP contribution >= 0.6 is 0 Å². The molecule has 1 aromatic rings. The second-order valence-electron chi connectivity index (χ2n) is 5.42. The van der Waals surface area contributed by atoms with Gasteiger partial charge >= 0.3 is 6.09 Å². The molecule has 0 atom stereocenters. The number of carboxylic acid groups (broad SMARTS) is 1. The molecule has 0 spiro atoms. The van der Waals surface area contributed by atoms with Crippen molar-refractivity contribution in [1.29, 1.82) is 0 Å². The minimum absolute atomic E-state index is 0.662. The van der Waals surface area contributed by atoms with E-state index in [-0.39, 0.29) is 0 Å². The monoisotopic (exact) mass is 274 g/mol. The largest absolute Gasteiger partial charge is 0.465 e. The maximum absolute atomic E-state index is 10.8. The molecule has 2 rings (SSSR count). The average Bonchev–Trinajstić information content (AvgIpc) is 2.44. The number of piperidine rings is 1. The number of nitrogens with zero attached hydrogens (tertiary/aromatic N) is 2. The Morgan fingerprint density at radius 3 is 2.90 bits per heavy atom. The number of allylic oxidation sites excluding steroid dienone is 1. The van der Waals surface area contributed by atoms with Crippen molar-refractivity contribution in [2.45, 2.75) is 32.6 Å². The smallest absolute Gasteiger partial charge is 0.407 e. The van der Waals surface area contributed by atoms with E-state index in [9.17, 15) is 4.79 Å². The number of aromatic nitrogens is 1. The van der Waals surface area contributed by atoms with E-state index in [1.165, 1.54) is 10.5 Å². The fraction of sp³-hybridized carbons (Fsp3) is 0.500. The lowest BCUT2D eigenvalue weighted by molar-refractivity contribution is 0.123. The van der Waals surface area contributed by atoms with Gasteiger partial charge in [-0.05, 0) is 56.2 Å². The van der Waals surface area contributed by atoms with Gasteiger partial charge in [-0.25, -0.2) is 4.79 Å². The highest BCUT2D eigenvalue weighted by atomic mass is 16.4. The second kappa shape index (κ2) is 7.08. The number of amides is 1. The summed E-state index contributed by atoms with van der Waals surface area (Å²) in [6.07, 6.45) is 9.59. The summed E-state index contributed by atoms with van der Waals surface area (Å²) in [6.45, 7) is 3.37. The van der Waals surface area contributed by atoms with Crippen molar-refractivity contribution in [3.8, 4) is 0 Å². The van der Waals surface area contributed by atoms with Gasteiger partial charge in [0.05, 0.1) is 0 Å². The molecule has 0 aliphatic carbocycles. The topological polar surface area (TPSA) is 53.4 Å². The summed E-state index contributed by atoms with van der Waals surface area (Å²) < 4.78 is 0.